The average molecular weight is 267 g/mol. The first-order valence-corrected chi connectivity index (χ1v) is 6.49. The Bertz CT molecular complexity index is 539. The normalized spacial score (nSPS) is 10.2. The van der Waals surface area contributed by atoms with Crippen molar-refractivity contribution in [1.29, 1.82) is 0 Å². The monoisotopic (exact) mass is 266 g/mol. The maximum atomic E-state index is 11.5. The predicted octanol–water partition coefficient (Wildman–Crippen LogP) is 2.91. The number of nitrogens with one attached hydrogen (secondary N) is 1. The highest BCUT2D eigenvalue weighted by atomic mass is 35.5. The number of alkyl halides is 1. The largest absolute Gasteiger partial charge is 0.355 e. The molecule has 88 valence electrons. The Morgan fingerprint density at radius 2 is 2.35 bits per heavy atom. The first-order valence-electron chi connectivity index (χ1n) is 5.07. The van der Waals surface area contributed by atoms with Crippen LogP contribution in [-0.2, 0) is 5.88 Å². The first kappa shape index (κ1) is 12.1. The molecule has 0 spiro atoms. The van der Waals surface area contributed by atoms with E-state index >= 15 is 0 Å². The average Bonchev–Trinajstić information content (AvgIpc) is 2.86. The maximum Gasteiger partial charge on any atom is 0.251 e. The fraction of sp³-hybridized carbons (Fsp3) is 0.167. The van der Waals surface area contributed by atoms with E-state index < -0.39 is 0 Å². The Kier molecular flexibility index (Phi) is 3.76. The van der Waals surface area contributed by atoms with Gasteiger partial charge in [-0.05, 0) is 12.1 Å². The van der Waals surface area contributed by atoms with Crippen LogP contribution in [0.15, 0.2) is 29.6 Å². The Morgan fingerprint density at radius 3 is 3.00 bits per heavy atom. The smallest absolute Gasteiger partial charge is 0.251 e. The molecule has 0 bridgehead atoms. The van der Waals surface area contributed by atoms with Crippen molar-refractivity contribution in [1.82, 2.24) is 10.3 Å². The van der Waals surface area contributed by atoms with Crippen molar-refractivity contribution in [3.8, 4) is 10.6 Å². The maximum absolute atomic E-state index is 11.5. The molecule has 5 heteroatoms. The lowest BCUT2D eigenvalue weighted by Crippen LogP contribution is -2.17. The molecule has 0 aliphatic carbocycles. The molecule has 2 rings (SSSR count). The minimum absolute atomic E-state index is 0.0963. The van der Waals surface area contributed by atoms with Crippen LogP contribution in [0.1, 0.15) is 16.1 Å². The van der Waals surface area contributed by atoms with E-state index in [9.17, 15) is 4.79 Å². The summed E-state index contributed by atoms with van der Waals surface area (Å²) in [7, 11) is 1.62. The third kappa shape index (κ3) is 2.65. The van der Waals surface area contributed by atoms with Gasteiger partial charge in [-0.1, -0.05) is 12.1 Å². The summed E-state index contributed by atoms with van der Waals surface area (Å²) in [6.45, 7) is 0. The van der Waals surface area contributed by atoms with Gasteiger partial charge in [-0.15, -0.1) is 22.9 Å². The molecule has 1 amide bonds. The van der Waals surface area contributed by atoms with Crippen molar-refractivity contribution in [2.24, 2.45) is 0 Å². The molecule has 2 aromatic rings. The molecule has 0 saturated heterocycles. The summed E-state index contributed by atoms with van der Waals surface area (Å²) < 4.78 is 0. The van der Waals surface area contributed by atoms with E-state index in [0.29, 0.717) is 11.4 Å². The molecular formula is C12H11ClN2OS. The molecule has 3 nitrogen and oxygen atoms in total. The van der Waals surface area contributed by atoms with Crippen molar-refractivity contribution in [2.45, 2.75) is 5.88 Å². The fourth-order valence-corrected chi connectivity index (χ4v) is 2.48. The summed E-state index contributed by atoms with van der Waals surface area (Å²) in [5, 5.41) is 5.41. The van der Waals surface area contributed by atoms with E-state index in [0.717, 1.165) is 16.3 Å². The molecule has 0 saturated carbocycles. The zero-order valence-corrected chi connectivity index (χ0v) is 10.8. The Balaban J connectivity index is 2.35. The van der Waals surface area contributed by atoms with Gasteiger partial charge in [-0.25, -0.2) is 4.98 Å². The highest BCUT2D eigenvalue weighted by Crippen LogP contribution is 2.25. The van der Waals surface area contributed by atoms with Crippen LogP contribution in [-0.4, -0.2) is 17.9 Å². The van der Waals surface area contributed by atoms with Crippen molar-refractivity contribution >= 4 is 28.8 Å². The fourth-order valence-electron chi connectivity index (χ4n) is 1.44. The summed E-state index contributed by atoms with van der Waals surface area (Å²) in [6, 6.07) is 7.39. The van der Waals surface area contributed by atoms with Gasteiger partial charge in [0.1, 0.15) is 5.01 Å². The van der Waals surface area contributed by atoms with Gasteiger partial charge in [-0.3, -0.25) is 4.79 Å². The van der Waals surface area contributed by atoms with Gasteiger partial charge in [0, 0.05) is 23.6 Å². The van der Waals surface area contributed by atoms with Crippen LogP contribution in [0.4, 0.5) is 0 Å². The van der Waals surface area contributed by atoms with Crippen LogP contribution in [0.25, 0.3) is 10.6 Å². The number of amides is 1. The molecule has 0 radical (unpaired) electrons. The molecule has 0 aliphatic heterocycles. The molecule has 0 atom stereocenters. The molecule has 0 fully saturated rings. The lowest BCUT2D eigenvalue weighted by atomic mass is 10.1. The van der Waals surface area contributed by atoms with E-state index in [4.69, 9.17) is 11.6 Å². The Labute approximate surface area is 108 Å². The predicted molar refractivity (Wildman–Crippen MR) is 70.5 cm³/mol. The van der Waals surface area contributed by atoms with Gasteiger partial charge in [0.15, 0.2) is 0 Å². The van der Waals surface area contributed by atoms with Crippen molar-refractivity contribution < 1.29 is 4.79 Å². The summed E-state index contributed by atoms with van der Waals surface area (Å²) in [6.07, 6.45) is 0. The number of aromatic nitrogens is 1. The third-order valence-corrected chi connectivity index (χ3v) is 3.50. The summed E-state index contributed by atoms with van der Waals surface area (Å²) in [5.41, 5.74) is 2.43. The zero-order valence-electron chi connectivity index (χ0n) is 9.24. The van der Waals surface area contributed by atoms with Crippen LogP contribution in [0, 0.1) is 0 Å². The van der Waals surface area contributed by atoms with Gasteiger partial charge < -0.3 is 5.32 Å². The number of carbonyl (C=O) groups is 1. The van der Waals surface area contributed by atoms with Crippen LogP contribution in [0.2, 0.25) is 0 Å². The minimum atomic E-state index is -0.0963. The molecule has 0 unspecified atom stereocenters. The van der Waals surface area contributed by atoms with Crippen LogP contribution >= 0.6 is 22.9 Å². The number of nitrogens with zero attached hydrogens (tertiary/aromatic N) is 1. The molecular weight excluding hydrogens is 256 g/mol. The number of hydrogen-bond donors (Lipinski definition) is 1. The quantitative estimate of drug-likeness (QED) is 0.868. The van der Waals surface area contributed by atoms with E-state index in [1.165, 1.54) is 11.3 Å². The van der Waals surface area contributed by atoms with E-state index in [2.05, 4.69) is 10.3 Å². The number of rotatable bonds is 3. The van der Waals surface area contributed by atoms with Gasteiger partial charge in [0.2, 0.25) is 0 Å². The highest BCUT2D eigenvalue weighted by molar-refractivity contribution is 7.13. The third-order valence-electron chi connectivity index (χ3n) is 2.29. The van der Waals surface area contributed by atoms with Gasteiger partial charge in [-0.2, -0.15) is 0 Å². The van der Waals surface area contributed by atoms with Gasteiger partial charge in [0.25, 0.3) is 5.91 Å². The molecule has 1 N–H and O–H groups in total. The second-order valence-corrected chi connectivity index (χ2v) is 4.56. The molecule has 1 aromatic heterocycles. The first-order chi connectivity index (χ1) is 8.24. The molecule has 0 aliphatic rings. The lowest BCUT2D eigenvalue weighted by Gasteiger charge is -2.01. The molecule has 1 aromatic carbocycles. The number of benzene rings is 1. The number of hydrogen-bond acceptors (Lipinski definition) is 3. The van der Waals surface area contributed by atoms with Crippen LogP contribution in [0.5, 0.6) is 0 Å². The van der Waals surface area contributed by atoms with E-state index in [-0.39, 0.29) is 5.91 Å². The number of thiazole rings is 1. The Hall–Kier alpha value is -1.39. The summed E-state index contributed by atoms with van der Waals surface area (Å²) in [4.78, 5) is 15.9. The minimum Gasteiger partial charge on any atom is -0.355 e. The number of carbonyl (C=O) groups excluding carboxylic acids is 1. The zero-order chi connectivity index (χ0) is 12.3. The highest BCUT2D eigenvalue weighted by Gasteiger charge is 2.07. The standard InChI is InChI=1S/C12H11ClN2OS/c1-14-11(16)8-3-2-4-9(5-8)12-15-10(6-13)7-17-12/h2-5,7H,6H2,1H3,(H,14,16). The van der Waals surface area contributed by atoms with Crippen molar-refractivity contribution in [2.75, 3.05) is 7.05 Å². The Morgan fingerprint density at radius 1 is 1.53 bits per heavy atom. The SMILES string of the molecule is CNC(=O)c1cccc(-c2nc(CCl)cs2)c1. The van der Waals surface area contributed by atoms with Crippen LogP contribution < -0.4 is 5.32 Å². The topological polar surface area (TPSA) is 42.0 Å². The van der Waals surface area contributed by atoms with Gasteiger partial charge in [0.05, 0.1) is 11.6 Å². The van der Waals surface area contributed by atoms with E-state index in [1.807, 2.05) is 23.6 Å². The second kappa shape index (κ2) is 5.29. The molecule has 17 heavy (non-hydrogen) atoms. The summed E-state index contributed by atoms with van der Waals surface area (Å²) >= 11 is 7.24. The van der Waals surface area contributed by atoms with Gasteiger partial charge >= 0.3 is 0 Å². The van der Waals surface area contributed by atoms with E-state index in [1.54, 1.807) is 13.1 Å². The summed E-state index contributed by atoms with van der Waals surface area (Å²) in [5.74, 6) is 0.312. The lowest BCUT2D eigenvalue weighted by molar-refractivity contribution is 0.0963. The van der Waals surface area contributed by atoms with Crippen molar-refractivity contribution in [3.63, 3.8) is 0 Å². The number of halogens is 1. The van der Waals surface area contributed by atoms with Crippen molar-refractivity contribution in [3.05, 3.63) is 40.9 Å². The van der Waals surface area contributed by atoms with Crippen LogP contribution in [0.3, 0.4) is 0 Å². The second-order valence-electron chi connectivity index (χ2n) is 3.44. The molecule has 1 heterocycles.